The highest BCUT2D eigenvalue weighted by Crippen LogP contribution is 2.23. The third-order valence-electron chi connectivity index (χ3n) is 3.01. The van der Waals surface area contributed by atoms with Crippen molar-refractivity contribution in [3.05, 3.63) is 29.8 Å². The average Bonchev–Trinajstić information content (AvgIpc) is 2.37. The van der Waals surface area contributed by atoms with Crippen LogP contribution in [-0.2, 0) is 14.8 Å². The summed E-state index contributed by atoms with van der Waals surface area (Å²) in [5.74, 6) is 0. The van der Waals surface area contributed by atoms with Gasteiger partial charge in [-0.2, -0.15) is 9.57 Å². The Morgan fingerprint density at radius 2 is 1.84 bits per heavy atom. The normalized spacial score (nSPS) is 24.9. The lowest BCUT2D eigenvalue weighted by Crippen LogP contribution is -2.48. The van der Waals surface area contributed by atoms with Crippen LogP contribution in [0.3, 0.4) is 0 Å². The monoisotopic (exact) mass is 280 g/mol. The Morgan fingerprint density at radius 1 is 1.26 bits per heavy atom. The molecule has 2 rings (SSSR count). The van der Waals surface area contributed by atoms with Crippen molar-refractivity contribution in [2.24, 2.45) is 0 Å². The molecule has 0 spiro atoms. The van der Waals surface area contributed by atoms with Gasteiger partial charge in [-0.25, -0.2) is 8.42 Å². The molecule has 0 bridgehead atoms. The molecule has 1 saturated heterocycles. The Bertz CT molecular complexity index is 597. The lowest BCUT2D eigenvalue weighted by atomic mass is 10.2. The number of sulfonamides is 1. The Morgan fingerprint density at radius 3 is 2.42 bits per heavy atom. The lowest BCUT2D eigenvalue weighted by Gasteiger charge is -2.34. The minimum Gasteiger partial charge on any atom is -0.373 e. The van der Waals surface area contributed by atoms with Gasteiger partial charge in [-0.1, -0.05) is 12.1 Å². The van der Waals surface area contributed by atoms with Crippen molar-refractivity contribution in [1.82, 2.24) is 4.31 Å². The first-order chi connectivity index (χ1) is 8.95. The number of hydrogen-bond donors (Lipinski definition) is 0. The van der Waals surface area contributed by atoms with Crippen LogP contribution >= 0.6 is 0 Å². The van der Waals surface area contributed by atoms with Gasteiger partial charge in [-0.3, -0.25) is 0 Å². The Kier molecular flexibility index (Phi) is 3.90. The van der Waals surface area contributed by atoms with Crippen LogP contribution < -0.4 is 0 Å². The van der Waals surface area contributed by atoms with E-state index < -0.39 is 10.0 Å². The molecule has 1 aromatic carbocycles. The maximum atomic E-state index is 12.6. The van der Waals surface area contributed by atoms with Crippen molar-refractivity contribution in [2.45, 2.75) is 31.0 Å². The van der Waals surface area contributed by atoms with E-state index in [0.29, 0.717) is 13.1 Å². The molecule has 2 atom stereocenters. The van der Waals surface area contributed by atoms with Crippen LogP contribution in [0, 0.1) is 11.3 Å². The van der Waals surface area contributed by atoms with Crippen molar-refractivity contribution in [3.63, 3.8) is 0 Å². The second-order valence-corrected chi connectivity index (χ2v) is 6.59. The van der Waals surface area contributed by atoms with Crippen molar-refractivity contribution in [1.29, 1.82) is 5.26 Å². The Hall–Kier alpha value is -1.42. The van der Waals surface area contributed by atoms with E-state index in [2.05, 4.69) is 0 Å². The van der Waals surface area contributed by atoms with Crippen LogP contribution in [0.15, 0.2) is 29.2 Å². The van der Waals surface area contributed by atoms with E-state index in [1.54, 1.807) is 12.1 Å². The topological polar surface area (TPSA) is 70.4 Å². The van der Waals surface area contributed by atoms with Gasteiger partial charge in [-0.05, 0) is 26.0 Å². The first-order valence-corrected chi connectivity index (χ1v) is 7.54. The summed E-state index contributed by atoms with van der Waals surface area (Å²) in [5, 5.41) is 9.03. The summed E-state index contributed by atoms with van der Waals surface area (Å²) in [6.07, 6.45) is -0.291. The number of morpholine rings is 1. The van der Waals surface area contributed by atoms with Crippen LogP contribution in [-0.4, -0.2) is 38.0 Å². The van der Waals surface area contributed by atoms with Crippen molar-refractivity contribution in [2.75, 3.05) is 13.1 Å². The molecule has 0 unspecified atom stereocenters. The van der Waals surface area contributed by atoms with Crippen LogP contribution in [0.4, 0.5) is 0 Å². The summed E-state index contributed by atoms with van der Waals surface area (Å²) in [5.41, 5.74) is 0.175. The zero-order valence-corrected chi connectivity index (χ0v) is 11.7. The number of nitriles is 1. The largest absolute Gasteiger partial charge is 0.373 e. The summed E-state index contributed by atoms with van der Waals surface area (Å²) in [4.78, 5) is 0.0683. The van der Waals surface area contributed by atoms with Gasteiger partial charge < -0.3 is 4.74 Å². The van der Waals surface area contributed by atoms with Gasteiger partial charge in [0.25, 0.3) is 0 Å². The quantitative estimate of drug-likeness (QED) is 0.820. The average molecular weight is 280 g/mol. The van der Waals surface area contributed by atoms with Crippen molar-refractivity contribution < 1.29 is 13.2 Å². The van der Waals surface area contributed by atoms with Gasteiger partial charge in [0.2, 0.25) is 10.0 Å². The molecular formula is C13H16N2O3S. The first-order valence-electron chi connectivity index (χ1n) is 6.10. The molecule has 6 heteroatoms. The molecule has 0 N–H and O–H groups in total. The fourth-order valence-electron chi connectivity index (χ4n) is 2.25. The second kappa shape index (κ2) is 5.29. The fraction of sp³-hybridized carbons (Fsp3) is 0.462. The second-order valence-electron chi connectivity index (χ2n) is 4.69. The van der Waals surface area contributed by atoms with Gasteiger partial charge in [-0.15, -0.1) is 0 Å². The molecule has 1 aliphatic heterocycles. The highest BCUT2D eigenvalue weighted by molar-refractivity contribution is 7.89. The molecule has 1 aliphatic rings. The summed E-state index contributed by atoms with van der Waals surface area (Å²) < 4.78 is 32.1. The predicted molar refractivity (Wildman–Crippen MR) is 69.9 cm³/mol. The number of ether oxygens (including phenoxy) is 1. The van der Waals surface area contributed by atoms with E-state index in [1.807, 2.05) is 19.9 Å². The summed E-state index contributed by atoms with van der Waals surface area (Å²) in [6.45, 7) is 4.31. The summed E-state index contributed by atoms with van der Waals surface area (Å²) in [7, 11) is -3.64. The van der Waals surface area contributed by atoms with E-state index in [0.717, 1.165) is 0 Å². The van der Waals surface area contributed by atoms with Crippen molar-refractivity contribution >= 4 is 10.0 Å². The molecule has 1 heterocycles. The molecule has 1 aromatic rings. The predicted octanol–water partition coefficient (Wildman–Crippen LogP) is 1.36. The van der Waals surface area contributed by atoms with Crippen molar-refractivity contribution in [3.8, 4) is 6.07 Å². The SMILES string of the molecule is C[C@@H]1CN(S(=O)(=O)c2ccccc2C#N)C[C@@H](C)O1. The molecule has 1 fully saturated rings. The molecule has 0 amide bonds. The van der Waals surface area contributed by atoms with E-state index in [1.165, 1.54) is 16.4 Å². The van der Waals surface area contributed by atoms with E-state index >= 15 is 0 Å². The molecule has 102 valence electrons. The Balaban J connectivity index is 2.40. The van der Waals surface area contributed by atoms with Gasteiger partial charge >= 0.3 is 0 Å². The zero-order chi connectivity index (χ0) is 14.0. The number of rotatable bonds is 2. The highest BCUT2D eigenvalue weighted by atomic mass is 32.2. The van der Waals surface area contributed by atoms with E-state index in [-0.39, 0.29) is 22.7 Å². The maximum Gasteiger partial charge on any atom is 0.244 e. The van der Waals surface area contributed by atoms with Gasteiger partial charge in [0.1, 0.15) is 6.07 Å². The standard InChI is InChI=1S/C13H16N2O3S/c1-10-8-15(9-11(2)18-10)19(16,17)13-6-4-3-5-12(13)7-14/h3-6,10-11H,8-9H2,1-2H3/t10-,11-/m1/s1. The van der Waals surface area contributed by atoms with Gasteiger partial charge in [0.15, 0.2) is 0 Å². The molecule has 5 nitrogen and oxygen atoms in total. The molecule has 0 aromatic heterocycles. The lowest BCUT2D eigenvalue weighted by molar-refractivity contribution is -0.0440. The van der Waals surface area contributed by atoms with Gasteiger partial charge in [0, 0.05) is 13.1 Å². The van der Waals surface area contributed by atoms with Gasteiger partial charge in [0.05, 0.1) is 22.7 Å². The van der Waals surface area contributed by atoms with Crippen LogP contribution in [0.25, 0.3) is 0 Å². The van der Waals surface area contributed by atoms with E-state index in [4.69, 9.17) is 10.00 Å². The zero-order valence-electron chi connectivity index (χ0n) is 10.9. The first kappa shape index (κ1) is 14.0. The minimum absolute atomic E-state index is 0.0683. The van der Waals surface area contributed by atoms with Crippen LogP contribution in [0.2, 0.25) is 0 Å². The Labute approximate surface area is 113 Å². The summed E-state index contributed by atoms with van der Waals surface area (Å²) in [6, 6.07) is 8.19. The molecule has 0 saturated carbocycles. The number of hydrogen-bond acceptors (Lipinski definition) is 4. The highest BCUT2D eigenvalue weighted by Gasteiger charge is 2.33. The third-order valence-corrected chi connectivity index (χ3v) is 4.90. The van der Waals surface area contributed by atoms with E-state index in [9.17, 15) is 8.42 Å². The van der Waals surface area contributed by atoms with Crippen LogP contribution in [0.1, 0.15) is 19.4 Å². The third kappa shape index (κ3) is 2.78. The molecule has 0 radical (unpaired) electrons. The molecule has 0 aliphatic carbocycles. The summed E-state index contributed by atoms with van der Waals surface area (Å²) >= 11 is 0. The fourth-order valence-corrected chi connectivity index (χ4v) is 3.98. The smallest absolute Gasteiger partial charge is 0.244 e. The van der Waals surface area contributed by atoms with Crippen LogP contribution in [0.5, 0.6) is 0 Å². The minimum atomic E-state index is -3.64. The number of nitrogens with zero attached hydrogens (tertiary/aromatic N) is 2. The number of benzene rings is 1. The maximum absolute atomic E-state index is 12.6. The molecular weight excluding hydrogens is 264 g/mol. The molecule has 19 heavy (non-hydrogen) atoms.